The Morgan fingerprint density at radius 3 is 1.67 bits per heavy atom. The largest absolute Gasteiger partial charge is 0.455 e. The molecule has 0 atom stereocenters. The number of fused-ring (bicyclic) bond motifs is 18. The van der Waals surface area contributed by atoms with Gasteiger partial charge in [0, 0.05) is 54.3 Å². The van der Waals surface area contributed by atoms with Crippen molar-refractivity contribution in [3.05, 3.63) is 164 Å². The summed E-state index contributed by atoms with van der Waals surface area (Å²) in [5, 5.41) is 14.4. The number of rotatable bonds is 2. The summed E-state index contributed by atoms with van der Waals surface area (Å²) >= 11 is 0. The molecule has 0 spiro atoms. The van der Waals surface area contributed by atoms with E-state index in [9.17, 15) is 0 Å². The van der Waals surface area contributed by atoms with Crippen LogP contribution in [0.3, 0.4) is 0 Å². The maximum atomic E-state index is 7.00. The second kappa shape index (κ2) is 9.87. The van der Waals surface area contributed by atoms with E-state index in [0.29, 0.717) is 0 Å². The summed E-state index contributed by atoms with van der Waals surface area (Å²) in [6.45, 7) is 0. The van der Waals surface area contributed by atoms with Gasteiger partial charge in [-0.2, -0.15) is 0 Å². The summed E-state index contributed by atoms with van der Waals surface area (Å²) in [4.78, 5) is 0. The van der Waals surface area contributed by atoms with Crippen LogP contribution in [-0.4, -0.2) is 4.57 Å². The van der Waals surface area contributed by atoms with E-state index in [-0.39, 0.29) is 0 Å². The standard InChI is InChI=1S/C48H27NO2/c1-3-18-34-31(15-1)32-16-2-4-19-35(32)43-42(34)44-37-20-5-8-24-39(37)49(46(44)48-45(43)38-21-7-10-26-41(38)51-48)29-14-11-13-28(27-29)30-22-12-23-36-33-17-6-9-25-40(33)50-47(30)36/h1-27H. The highest BCUT2D eigenvalue weighted by molar-refractivity contribution is 6.44. The zero-order valence-corrected chi connectivity index (χ0v) is 27.4. The minimum absolute atomic E-state index is 0.889. The Balaban J connectivity index is 1.29. The summed E-state index contributed by atoms with van der Waals surface area (Å²) in [6, 6.07) is 58.6. The Morgan fingerprint density at radius 2 is 0.902 bits per heavy atom. The molecule has 0 N–H and O–H groups in total. The molecule has 12 rings (SSSR count). The normalized spacial score (nSPS) is 12.3. The number of aromatic nitrogens is 1. The van der Waals surface area contributed by atoms with Gasteiger partial charge in [0.05, 0.1) is 11.0 Å². The van der Waals surface area contributed by atoms with E-state index >= 15 is 0 Å². The minimum Gasteiger partial charge on any atom is -0.455 e. The van der Waals surface area contributed by atoms with Crippen molar-refractivity contribution >= 4 is 98.0 Å². The van der Waals surface area contributed by atoms with Crippen LogP contribution in [0, 0.1) is 0 Å². The van der Waals surface area contributed by atoms with Crippen molar-refractivity contribution in [2.75, 3.05) is 0 Å². The zero-order valence-electron chi connectivity index (χ0n) is 27.4. The molecule has 0 saturated heterocycles. The molecule has 0 radical (unpaired) electrons. The van der Waals surface area contributed by atoms with Gasteiger partial charge in [-0.15, -0.1) is 0 Å². The van der Waals surface area contributed by atoms with E-state index in [1.807, 2.05) is 12.1 Å². The molecule has 51 heavy (non-hydrogen) atoms. The van der Waals surface area contributed by atoms with Crippen molar-refractivity contribution in [2.45, 2.75) is 0 Å². The number of hydrogen-bond acceptors (Lipinski definition) is 2. The molecule has 0 amide bonds. The predicted octanol–water partition coefficient (Wildman–Crippen LogP) is 13.7. The van der Waals surface area contributed by atoms with Crippen LogP contribution < -0.4 is 0 Å². The van der Waals surface area contributed by atoms with Crippen LogP contribution in [0.25, 0.3) is 115 Å². The lowest BCUT2D eigenvalue weighted by atomic mass is 9.89. The molecule has 0 aliphatic heterocycles. The lowest BCUT2D eigenvalue weighted by Gasteiger charge is -2.14. The van der Waals surface area contributed by atoms with E-state index in [2.05, 4.69) is 156 Å². The number of hydrogen-bond donors (Lipinski definition) is 0. The third-order valence-electron chi connectivity index (χ3n) is 10.9. The fraction of sp³-hybridized carbons (Fsp3) is 0. The maximum absolute atomic E-state index is 7.00. The van der Waals surface area contributed by atoms with Gasteiger partial charge in [-0.1, -0.05) is 133 Å². The summed E-state index contributed by atoms with van der Waals surface area (Å²) in [5.74, 6) is 0. The number of para-hydroxylation sites is 4. The number of benzene rings is 9. The molecule has 0 unspecified atom stereocenters. The van der Waals surface area contributed by atoms with Gasteiger partial charge in [-0.05, 0) is 57.4 Å². The molecule has 9 aromatic carbocycles. The third-order valence-corrected chi connectivity index (χ3v) is 10.9. The molecule has 3 heterocycles. The number of furan rings is 2. The summed E-state index contributed by atoms with van der Waals surface area (Å²) in [6.07, 6.45) is 0. The van der Waals surface area contributed by atoms with Gasteiger partial charge in [-0.3, -0.25) is 0 Å². The Hall–Kier alpha value is -6.84. The van der Waals surface area contributed by atoms with Crippen LogP contribution in [0.5, 0.6) is 0 Å². The SMILES string of the molecule is c1cc(-c2cccc3c2oc2ccccc23)cc(-n2c3ccccc3c3c4c5ccccc5c5ccccc5c4c4c5ccccc5oc4c32)c1. The Labute approximate surface area is 291 Å². The van der Waals surface area contributed by atoms with Crippen LogP contribution in [0.2, 0.25) is 0 Å². The molecule has 0 saturated carbocycles. The Kier molecular flexibility index (Phi) is 5.23. The highest BCUT2D eigenvalue weighted by Gasteiger charge is 2.26. The van der Waals surface area contributed by atoms with E-state index < -0.39 is 0 Å². The van der Waals surface area contributed by atoms with Gasteiger partial charge in [0.15, 0.2) is 5.58 Å². The highest BCUT2D eigenvalue weighted by atomic mass is 16.3. The van der Waals surface area contributed by atoms with Crippen LogP contribution in [0.4, 0.5) is 0 Å². The van der Waals surface area contributed by atoms with Gasteiger partial charge in [0.1, 0.15) is 16.7 Å². The smallest absolute Gasteiger partial charge is 0.160 e. The van der Waals surface area contributed by atoms with E-state index in [1.54, 1.807) is 0 Å². The second-order valence-corrected chi connectivity index (χ2v) is 13.6. The van der Waals surface area contributed by atoms with Gasteiger partial charge >= 0.3 is 0 Å². The van der Waals surface area contributed by atoms with Gasteiger partial charge in [0.25, 0.3) is 0 Å². The third kappa shape index (κ3) is 3.52. The average molecular weight is 650 g/mol. The summed E-state index contributed by atoms with van der Waals surface area (Å²) in [5.41, 5.74) is 9.05. The lowest BCUT2D eigenvalue weighted by Crippen LogP contribution is -1.95. The van der Waals surface area contributed by atoms with Crippen molar-refractivity contribution in [1.29, 1.82) is 0 Å². The van der Waals surface area contributed by atoms with Crippen LogP contribution in [0.15, 0.2) is 173 Å². The molecule has 0 fully saturated rings. The van der Waals surface area contributed by atoms with Crippen molar-refractivity contribution in [3.8, 4) is 16.8 Å². The molecular formula is C48H27NO2. The Bertz CT molecular complexity index is 3430. The molecule has 236 valence electrons. The van der Waals surface area contributed by atoms with Gasteiger partial charge in [-0.25, -0.2) is 0 Å². The summed E-state index contributed by atoms with van der Waals surface area (Å²) in [7, 11) is 0. The molecule has 12 aromatic rings. The highest BCUT2D eigenvalue weighted by Crippen LogP contribution is 2.50. The van der Waals surface area contributed by atoms with Crippen LogP contribution >= 0.6 is 0 Å². The Morgan fingerprint density at radius 1 is 0.353 bits per heavy atom. The fourth-order valence-corrected chi connectivity index (χ4v) is 8.88. The minimum atomic E-state index is 0.889. The second-order valence-electron chi connectivity index (χ2n) is 13.6. The molecule has 0 bridgehead atoms. The lowest BCUT2D eigenvalue weighted by molar-refractivity contribution is 0.670. The van der Waals surface area contributed by atoms with Crippen LogP contribution in [-0.2, 0) is 0 Å². The first kappa shape index (κ1) is 27.0. The molecule has 3 heteroatoms. The van der Waals surface area contributed by atoms with E-state index in [0.717, 1.165) is 71.7 Å². The first-order valence-electron chi connectivity index (χ1n) is 17.4. The average Bonchev–Trinajstić information content (AvgIpc) is 3.88. The van der Waals surface area contributed by atoms with Crippen molar-refractivity contribution < 1.29 is 8.83 Å². The molecule has 3 aromatic heterocycles. The molecule has 3 nitrogen and oxygen atoms in total. The van der Waals surface area contributed by atoms with Crippen LogP contribution in [0.1, 0.15) is 0 Å². The van der Waals surface area contributed by atoms with E-state index in [4.69, 9.17) is 8.83 Å². The monoisotopic (exact) mass is 649 g/mol. The fourth-order valence-electron chi connectivity index (χ4n) is 8.88. The summed E-state index contributed by atoms with van der Waals surface area (Å²) < 4.78 is 15.9. The zero-order chi connectivity index (χ0) is 33.2. The van der Waals surface area contributed by atoms with Crippen molar-refractivity contribution in [3.63, 3.8) is 0 Å². The van der Waals surface area contributed by atoms with Gasteiger partial charge in [0.2, 0.25) is 0 Å². The molecule has 0 aliphatic rings. The quantitative estimate of drug-likeness (QED) is 0.175. The number of nitrogens with zero attached hydrogens (tertiary/aromatic N) is 1. The maximum Gasteiger partial charge on any atom is 0.160 e. The van der Waals surface area contributed by atoms with Gasteiger partial charge < -0.3 is 13.4 Å². The van der Waals surface area contributed by atoms with E-state index in [1.165, 1.54) is 43.1 Å². The molecule has 0 aliphatic carbocycles. The predicted molar refractivity (Wildman–Crippen MR) is 213 cm³/mol. The first-order valence-corrected chi connectivity index (χ1v) is 17.4. The molecular weight excluding hydrogens is 623 g/mol. The topological polar surface area (TPSA) is 31.2 Å². The van der Waals surface area contributed by atoms with Crippen molar-refractivity contribution in [2.24, 2.45) is 0 Å². The first-order chi connectivity index (χ1) is 25.3. The van der Waals surface area contributed by atoms with Crippen molar-refractivity contribution in [1.82, 2.24) is 4.57 Å².